The van der Waals surface area contributed by atoms with Crippen molar-refractivity contribution in [1.82, 2.24) is 14.7 Å². The molecule has 1 atom stereocenters. The lowest BCUT2D eigenvalue weighted by Crippen LogP contribution is -2.65. The van der Waals surface area contributed by atoms with Crippen LogP contribution in [0.5, 0.6) is 5.75 Å². The zero-order valence-corrected chi connectivity index (χ0v) is 16.9. The average molecular weight is 384 g/mol. The van der Waals surface area contributed by atoms with E-state index in [1.807, 2.05) is 18.2 Å². The summed E-state index contributed by atoms with van der Waals surface area (Å²) in [5, 5.41) is 0. The Morgan fingerprint density at radius 3 is 2.32 bits per heavy atom. The molecule has 5 rings (SSSR count). The molecule has 0 spiro atoms. The largest absolute Gasteiger partial charge is 0.492 e. The van der Waals surface area contributed by atoms with Crippen molar-refractivity contribution < 1.29 is 9.53 Å². The van der Waals surface area contributed by atoms with Crippen molar-refractivity contribution >= 4 is 5.91 Å². The molecule has 28 heavy (non-hydrogen) atoms. The number of nitrogens with zero attached hydrogens (tertiary/aromatic N) is 3. The molecular formula is C23H33N3O2. The van der Waals surface area contributed by atoms with Crippen LogP contribution in [0.25, 0.3) is 0 Å². The van der Waals surface area contributed by atoms with E-state index >= 15 is 0 Å². The number of fused-ring (bicyclic) bond motifs is 1. The third kappa shape index (κ3) is 3.67. The van der Waals surface area contributed by atoms with Gasteiger partial charge >= 0.3 is 0 Å². The maximum absolute atomic E-state index is 12.9. The van der Waals surface area contributed by atoms with Crippen LogP contribution in [0.2, 0.25) is 0 Å². The van der Waals surface area contributed by atoms with Crippen molar-refractivity contribution in [2.24, 2.45) is 5.92 Å². The minimum Gasteiger partial charge on any atom is -0.492 e. The Morgan fingerprint density at radius 2 is 1.57 bits per heavy atom. The van der Waals surface area contributed by atoms with Gasteiger partial charge in [-0.2, -0.15) is 0 Å². The van der Waals surface area contributed by atoms with Gasteiger partial charge in [0.05, 0.1) is 5.92 Å². The van der Waals surface area contributed by atoms with Crippen molar-refractivity contribution in [2.75, 3.05) is 45.9 Å². The molecule has 1 aromatic carbocycles. The third-order valence-electron chi connectivity index (χ3n) is 7.36. The molecule has 1 aromatic rings. The van der Waals surface area contributed by atoms with E-state index in [4.69, 9.17) is 4.74 Å². The first-order valence-electron chi connectivity index (χ1n) is 11.3. The van der Waals surface area contributed by atoms with Gasteiger partial charge in [0.1, 0.15) is 12.4 Å². The van der Waals surface area contributed by atoms with Crippen molar-refractivity contribution in [3.63, 3.8) is 0 Å². The Bertz CT molecular complexity index is 689. The fourth-order valence-electron chi connectivity index (χ4n) is 5.52. The molecule has 0 N–H and O–H groups in total. The highest BCUT2D eigenvalue weighted by Crippen LogP contribution is 2.30. The van der Waals surface area contributed by atoms with Crippen LogP contribution in [-0.4, -0.2) is 78.6 Å². The van der Waals surface area contributed by atoms with Gasteiger partial charge in [-0.05, 0) is 30.9 Å². The van der Waals surface area contributed by atoms with Crippen LogP contribution < -0.4 is 4.74 Å². The topological polar surface area (TPSA) is 36.0 Å². The summed E-state index contributed by atoms with van der Waals surface area (Å²) < 4.78 is 5.83. The summed E-state index contributed by atoms with van der Waals surface area (Å²) in [7, 11) is 0. The number of carbonyl (C=O) groups excluding carboxylic acids is 1. The summed E-state index contributed by atoms with van der Waals surface area (Å²) in [5.41, 5.74) is 1.17. The van der Waals surface area contributed by atoms with Gasteiger partial charge in [0.2, 0.25) is 5.91 Å². The van der Waals surface area contributed by atoms with Crippen LogP contribution in [-0.2, 0) is 11.2 Å². The fourth-order valence-corrected chi connectivity index (χ4v) is 5.52. The highest BCUT2D eigenvalue weighted by Gasteiger charge is 2.40. The van der Waals surface area contributed by atoms with Crippen molar-refractivity contribution in [3.8, 4) is 5.75 Å². The van der Waals surface area contributed by atoms with Gasteiger partial charge in [-0.25, -0.2) is 0 Å². The van der Waals surface area contributed by atoms with Crippen LogP contribution in [0.1, 0.15) is 37.7 Å². The molecule has 0 bridgehead atoms. The molecule has 5 heteroatoms. The second kappa shape index (κ2) is 8.03. The predicted octanol–water partition coefficient (Wildman–Crippen LogP) is 2.40. The number of piperazine rings is 1. The Labute approximate surface area is 168 Å². The van der Waals surface area contributed by atoms with Gasteiger partial charge in [-0.3, -0.25) is 14.6 Å². The van der Waals surface area contributed by atoms with Gasteiger partial charge < -0.3 is 9.64 Å². The molecule has 3 heterocycles. The summed E-state index contributed by atoms with van der Waals surface area (Å²) >= 11 is 0. The average Bonchev–Trinajstić information content (AvgIpc) is 2.73. The molecular weight excluding hydrogens is 350 g/mol. The van der Waals surface area contributed by atoms with E-state index in [0.717, 1.165) is 31.3 Å². The van der Waals surface area contributed by atoms with E-state index in [0.29, 0.717) is 12.6 Å². The second-order valence-electron chi connectivity index (χ2n) is 9.08. The Kier molecular flexibility index (Phi) is 5.29. The minimum atomic E-state index is -0.0148. The molecule has 1 saturated carbocycles. The maximum Gasteiger partial charge on any atom is 0.229 e. The van der Waals surface area contributed by atoms with E-state index in [2.05, 4.69) is 20.8 Å². The van der Waals surface area contributed by atoms with E-state index in [1.54, 1.807) is 0 Å². The van der Waals surface area contributed by atoms with E-state index in [-0.39, 0.29) is 11.8 Å². The monoisotopic (exact) mass is 383 g/mol. The zero-order valence-electron chi connectivity index (χ0n) is 16.9. The minimum absolute atomic E-state index is 0.0148. The number of ether oxygens (including phenoxy) is 1. The van der Waals surface area contributed by atoms with E-state index < -0.39 is 0 Å². The summed E-state index contributed by atoms with van der Waals surface area (Å²) in [6.45, 7) is 7.09. The Morgan fingerprint density at radius 1 is 0.893 bits per heavy atom. The smallest absolute Gasteiger partial charge is 0.229 e. The molecule has 3 fully saturated rings. The number of hydrogen-bond donors (Lipinski definition) is 0. The number of amides is 1. The van der Waals surface area contributed by atoms with Gasteiger partial charge in [0.15, 0.2) is 0 Å². The SMILES string of the molecule is O=C(C1COc2ccccc2C1)N1CC(N2CCN(C3CCCCC3)CC2)C1. The fraction of sp³-hybridized carbons (Fsp3) is 0.696. The highest BCUT2D eigenvalue weighted by atomic mass is 16.5. The quantitative estimate of drug-likeness (QED) is 0.803. The molecule has 0 aromatic heterocycles. The number of para-hydroxylation sites is 1. The maximum atomic E-state index is 12.9. The first-order valence-corrected chi connectivity index (χ1v) is 11.3. The summed E-state index contributed by atoms with van der Waals surface area (Å²) in [6.07, 6.45) is 7.88. The first-order chi connectivity index (χ1) is 13.8. The summed E-state index contributed by atoms with van der Waals surface area (Å²) in [4.78, 5) is 20.3. The third-order valence-corrected chi connectivity index (χ3v) is 7.36. The molecule has 1 aliphatic carbocycles. The van der Waals surface area contributed by atoms with Gasteiger partial charge in [0.25, 0.3) is 0 Å². The summed E-state index contributed by atoms with van der Waals surface area (Å²) in [6, 6.07) is 9.51. The number of hydrogen-bond acceptors (Lipinski definition) is 4. The molecule has 3 aliphatic heterocycles. The van der Waals surface area contributed by atoms with Crippen molar-refractivity contribution in [2.45, 2.75) is 50.6 Å². The van der Waals surface area contributed by atoms with E-state index in [9.17, 15) is 4.79 Å². The molecule has 4 aliphatic rings. The van der Waals surface area contributed by atoms with Crippen molar-refractivity contribution in [3.05, 3.63) is 29.8 Å². The lowest BCUT2D eigenvalue weighted by Gasteiger charge is -2.50. The lowest BCUT2D eigenvalue weighted by atomic mass is 9.93. The second-order valence-corrected chi connectivity index (χ2v) is 9.08. The zero-order chi connectivity index (χ0) is 18.9. The number of carbonyl (C=O) groups is 1. The van der Waals surface area contributed by atoms with Crippen LogP contribution >= 0.6 is 0 Å². The van der Waals surface area contributed by atoms with Crippen LogP contribution in [0.3, 0.4) is 0 Å². The summed E-state index contributed by atoms with van der Waals surface area (Å²) in [5.74, 6) is 1.22. The molecule has 152 valence electrons. The van der Waals surface area contributed by atoms with Crippen LogP contribution in [0, 0.1) is 5.92 Å². The number of rotatable bonds is 3. The highest BCUT2D eigenvalue weighted by molar-refractivity contribution is 5.80. The standard InChI is InChI=1S/C23H33N3O2/c27-23(19-14-18-6-4-5-9-22(18)28-17-19)26-15-21(16-26)25-12-10-24(11-13-25)20-7-2-1-3-8-20/h4-6,9,19-21H,1-3,7-8,10-17H2. The predicted molar refractivity (Wildman–Crippen MR) is 110 cm³/mol. The van der Waals surface area contributed by atoms with Crippen LogP contribution in [0.15, 0.2) is 24.3 Å². The Hall–Kier alpha value is -1.59. The molecule has 5 nitrogen and oxygen atoms in total. The van der Waals surface area contributed by atoms with Crippen LogP contribution in [0.4, 0.5) is 0 Å². The first kappa shape index (κ1) is 18.4. The molecule has 1 unspecified atom stereocenters. The van der Waals surface area contributed by atoms with Gasteiger partial charge in [-0.15, -0.1) is 0 Å². The number of benzene rings is 1. The van der Waals surface area contributed by atoms with Gasteiger partial charge in [-0.1, -0.05) is 37.5 Å². The molecule has 0 radical (unpaired) electrons. The molecule has 1 amide bonds. The van der Waals surface area contributed by atoms with E-state index in [1.165, 1.54) is 63.8 Å². The van der Waals surface area contributed by atoms with Gasteiger partial charge in [0, 0.05) is 51.4 Å². The Balaban J connectivity index is 1.08. The number of likely N-dealkylation sites (tertiary alicyclic amines) is 1. The lowest BCUT2D eigenvalue weighted by molar-refractivity contribution is -0.145. The molecule has 2 saturated heterocycles. The van der Waals surface area contributed by atoms with Crippen molar-refractivity contribution in [1.29, 1.82) is 0 Å². The normalized spacial score (nSPS) is 27.7.